The molecule has 9 nitrogen and oxygen atoms in total. The van der Waals surface area contributed by atoms with Crippen molar-refractivity contribution in [3.05, 3.63) is 68.5 Å². The summed E-state index contributed by atoms with van der Waals surface area (Å²) in [7, 11) is 1.25. The molecule has 2 aromatic heterocycles. The molecule has 1 aliphatic heterocycles. The molecule has 1 amide bonds. The quantitative estimate of drug-likeness (QED) is 0.524. The third-order valence-electron chi connectivity index (χ3n) is 6.83. The van der Waals surface area contributed by atoms with Crippen molar-refractivity contribution in [3.63, 3.8) is 0 Å². The fourth-order valence-electron chi connectivity index (χ4n) is 4.82. The highest BCUT2D eigenvalue weighted by Crippen LogP contribution is 2.40. The Hall–Kier alpha value is -3.75. The zero-order valence-corrected chi connectivity index (χ0v) is 19.9. The lowest BCUT2D eigenvalue weighted by Crippen LogP contribution is -2.47. The van der Waals surface area contributed by atoms with Gasteiger partial charge in [-0.3, -0.25) is 9.59 Å². The Labute approximate surface area is 202 Å². The van der Waals surface area contributed by atoms with E-state index in [0.29, 0.717) is 30.4 Å². The smallest absolute Gasteiger partial charge is 0.338 e. The Kier molecular flexibility index (Phi) is 6.00. The van der Waals surface area contributed by atoms with Crippen LogP contribution in [0.3, 0.4) is 0 Å². The predicted molar refractivity (Wildman–Crippen MR) is 130 cm³/mol. The van der Waals surface area contributed by atoms with Gasteiger partial charge in [0.2, 0.25) is 5.91 Å². The molecule has 0 bridgehead atoms. The molecule has 3 aromatic rings. The van der Waals surface area contributed by atoms with Crippen molar-refractivity contribution in [1.82, 2.24) is 19.0 Å². The minimum Gasteiger partial charge on any atom is -0.465 e. The molecule has 3 heterocycles. The summed E-state index contributed by atoms with van der Waals surface area (Å²) < 4.78 is 7.22. The number of hydrogen-bond acceptors (Lipinski definition) is 6. The maximum absolute atomic E-state index is 13.7. The molecule has 1 saturated heterocycles. The van der Waals surface area contributed by atoms with Gasteiger partial charge in [-0.1, -0.05) is 25.1 Å². The minimum absolute atomic E-state index is 0.0236. The molecule has 1 aromatic carbocycles. The number of pyridine rings is 1. The number of para-hydroxylation sites is 1. The van der Waals surface area contributed by atoms with Crippen LogP contribution in [0.5, 0.6) is 0 Å². The molecule has 0 N–H and O–H groups in total. The van der Waals surface area contributed by atoms with Gasteiger partial charge in [-0.2, -0.15) is 0 Å². The van der Waals surface area contributed by atoms with Gasteiger partial charge in [0.1, 0.15) is 6.54 Å². The number of carbonyl (C=O) groups excluding carboxylic acids is 2. The fourth-order valence-corrected chi connectivity index (χ4v) is 4.82. The molecule has 9 heteroatoms. The molecular weight excluding hydrogens is 448 g/mol. The fraction of sp³-hybridized carbons (Fsp3) is 0.423. The van der Waals surface area contributed by atoms with E-state index >= 15 is 0 Å². The number of hydrogen-bond donors (Lipinski definition) is 0. The van der Waals surface area contributed by atoms with Crippen molar-refractivity contribution >= 4 is 22.9 Å². The maximum atomic E-state index is 13.7. The third kappa shape index (κ3) is 4.26. The van der Waals surface area contributed by atoms with Gasteiger partial charge in [-0.05, 0) is 49.8 Å². The van der Waals surface area contributed by atoms with Crippen LogP contribution in [0, 0.1) is 5.92 Å². The largest absolute Gasteiger partial charge is 0.465 e. The van der Waals surface area contributed by atoms with Crippen LogP contribution >= 0.6 is 0 Å². The number of methoxy groups -OCH3 is 1. The van der Waals surface area contributed by atoms with Crippen LogP contribution in [0.2, 0.25) is 0 Å². The van der Waals surface area contributed by atoms with Crippen LogP contribution in [-0.4, -0.2) is 51.1 Å². The summed E-state index contributed by atoms with van der Waals surface area (Å²) >= 11 is 0. The number of esters is 1. The topological polar surface area (TPSA) is 104 Å². The molecule has 1 unspecified atom stereocenters. The number of ether oxygens (including phenoxy) is 1. The number of likely N-dealkylation sites (tertiary alicyclic amines) is 1. The zero-order valence-electron chi connectivity index (χ0n) is 19.9. The summed E-state index contributed by atoms with van der Waals surface area (Å²) in [5.41, 5.74) is -0.0774. The molecule has 1 aliphatic carbocycles. The van der Waals surface area contributed by atoms with Crippen molar-refractivity contribution < 1.29 is 14.3 Å². The van der Waals surface area contributed by atoms with Crippen LogP contribution in [0.15, 0.2) is 46.0 Å². The van der Waals surface area contributed by atoms with E-state index < -0.39 is 23.8 Å². The molecule has 2 fully saturated rings. The summed E-state index contributed by atoms with van der Waals surface area (Å²) in [4.78, 5) is 59.7. The van der Waals surface area contributed by atoms with E-state index in [1.54, 1.807) is 35.2 Å². The van der Waals surface area contributed by atoms with Gasteiger partial charge in [0.05, 0.1) is 23.7 Å². The average Bonchev–Trinajstić information content (AvgIpc) is 3.71. The van der Waals surface area contributed by atoms with E-state index in [1.165, 1.54) is 11.7 Å². The van der Waals surface area contributed by atoms with Crippen LogP contribution in [-0.2, 0) is 16.1 Å². The summed E-state index contributed by atoms with van der Waals surface area (Å²) in [6, 6.07) is 10.4. The van der Waals surface area contributed by atoms with Crippen molar-refractivity contribution in [3.8, 4) is 5.69 Å². The molecule has 1 atom stereocenters. The second kappa shape index (κ2) is 9.13. The lowest BCUT2D eigenvalue weighted by atomic mass is 10.0. The maximum Gasteiger partial charge on any atom is 0.338 e. The van der Waals surface area contributed by atoms with E-state index in [0.717, 1.165) is 30.3 Å². The molecule has 2 aliphatic rings. The van der Waals surface area contributed by atoms with Crippen LogP contribution in [0.4, 0.5) is 0 Å². The van der Waals surface area contributed by atoms with E-state index in [9.17, 15) is 19.2 Å². The Bertz CT molecular complexity index is 1420. The van der Waals surface area contributed by atoms with Gasteiger partial charge in [-0.15, -0.1) is 0 Å². The summed E-state index contributed by atoms with van der Waals surface area (Å²) in [5, 5.41) is -0.0236. The number of aromatic nitrogens is 3. The van der Waals surface area contributed by atoms with E-state index in [2.05, 4.69) is 11.9 Å². The first-order valence-electron chi connectivity index (χ1n) is 12.0. The highest BCUT2D eigenvalue weighted by Gasteiger charge is 2.31. The number of benzene rings is 1. The second-order valence-corrected chi connectivity index (χ2v) is 9.49. The standard InChI is InChI=1S/C26H28N4O5/c1-16-7-6-12-28(14-16)21(31)15-29-24(32)22-19(25(33)35-2)13-20(17-10-11-17)27-23(22)30(26(29)34)18-8-4-3-5-9-18/h3-5,8-9,13,16-17H,6-7,10-12,14-15H2,1-2H3. The van der Waals surface area contributed by atoms with E-state index in [4.69, 9.17) is 4.74 Å². The molecule has 5 rings (SSSR count). The molecule has 182 valence electrons. The van der Waals surface area contributed by atoms with Gasteiger partial charge in [0.15, 0.2) is 5.65 Å². The van der Waals surface area contributed by atoms with E-state index in [-0.39, 0.29) is 28.4 Å². The highest BCUT2D eigenvalue weighted by molar-refractivity contribution is 6.02. The Morgan fingerprint density at radius 3 is 2.51 bits per heavy atom. The second-order valence-electron chi connectivity index (χ2n) is 9.49. The molecular formula is C26H28N4O5. The first kappa shape index (κ1) is 23.0. The number of rotatable bonds is 5. The summed E-state index contributed by atoms with van der Waals surface area (Å²) in [6.45, 7) is 2.86. The molecule has 35 heavy (non-hydrogen) atoms. The minimum atomic E-state index is -0.717. The predicted octanol–water partition coefficient (Wildman–Crippen LogP) is 2.47. The normalized spacial score (nSPS) is 18.0. The summed E-state index contributed by atoms with van der Waals surface area (Å²) in [5.74, 6) is -0.445. The van der Waals surface area contributed by atoms with Crippen molar-refractivity contribution in [2.24, 2.45) is 5.92 Å². The Balaban J connectivity index is 1.76. The Morgan fingerprint density at radius 1 is 1.11 bits per heavy atom. The number of piperidine rings is 1. The zero-order chi connectivity index (χ0) is 24.7. The average molecular weight is 477 g/mol. The Morgan fingerprint density at radius 2 is 1.86 bits per heavy atom. The SMILES string of the molecule is COC(=O)c1cc(C2CC2)nc2c1c(=O)n(CC(=O)N1CCCC(C)C1)c(=O)n2-c1ccccc1. The van der Waals surface area contributed by atoms with Gasteiger partial charge in [0.25, 0.3) is 5.56 Å². The number of nitrogens with zero attached hydrogens (tertiary/aromatic N) is 4. The third-order valence-corrected chi connectivity index (χ3v) is 6.83. The lowest BCUT2D eigenvalue weighted by molar-refractivity contribution is -0.133. The van der Waals surface area contributed by atoms with Gasteiger partial charge in [0, 0.05) is 24.7 Å². The van der Waals surface area contributed by atoms with Crippen molar-refractivity contribution in [2.75, 3.05) is 20.2 Å². The van der Waals surface area contributed by atoms with Crippen molar-refractivity contribution in [1.29, 1.82) is 0 Å². The van der Waals surface area contributed by atoms with Gasteiger partial charge in [-0.25, -0.2) is 23.7 Å². The van der Waals surface area contributed by atoms with E-state index in [1.807, 2.05) is 6.07 Å². The number of carbonyl (C=O) groups is 2. The summed E-state index contributed by atoms with van der Waals surface area (Å²) in [6.07, 6.45) is 3.77. The number of amides is 1. The first-order valence-corrected chi connectivity index (χ1v) is 12.0. The van der Waals surface area contributed by atoms with Gasteiger partial charge >= 0.3 is 11.7 Å². The molecule has 1 saturated carbocycles. The van der Waals surface area contributed by atoms with Gasteiger partial charge < -0.3 is 9.64 Å². The first-order chi connectivity index (χ1) is 16.9. The van der Waals surface area contributed by atoms with Crippen molar-refractivity contribution in [2.45, 2.75) is 45.1 Å². The molecule has 0 radical (unpaired) electrons. The van der Waals surface area contributed by atoms with Crippen LogP contribution in [0.1, 0.15) is 54.6 Å². The van der Waals surface area contributed by atoms with Crippen LogP contribution in [0.25, 0.3) is 16.7 Å². The monoisotopic (exact) mass is 476 g/mol. The van der Waals surface area contributed by atoms with Crippen LogP contribution < -0.4 is 11.2 Å². The number of fused-ring (bicyclic) bond motifs is 1. The highest BCUT2D eigenvalue weighted by atomic mass is 16.5. The lowest BCUT2D eigenvalue weighted by Gasteiger charge is -2.31. The molecule has 0 spiro atoms.